The molecule has 0 saturated carbocycles. The monoisotopic (exact) mass is 329 g/mol. The average Bonchev–Trinajstić information content (AvgIpc) is 2.46. The molecule has 1 heterocycles. The number of hydrogen-bond donors (Lipinski definition) is 0. The molecule has 0 bridgehead atoms. The van der Waals surface area contributed by atoms with Gasteiger partial charge in [-0.1, -0.05) is 0 Å². The summed E-state index contributed by atoms with van der Waals surface area (Å²) in [6.07, 6.45) is 1.30. The molecule has 1 radical (unpaired) electrons. The molecule has 0 amide bonds. The van der Waals surface area contributed by atoms with Gasteiger partial charge in [-0.15, -0.1) is 0 Å². The van der Waals surface area contributed by atoms with Gasteiger partial charge in [-0.3, -0.25) is 0 Å². The van der Waals surface area contributed by atoms with E-state index in [1.165, 1.54) is 20.3 Å². The van der Waals surface area contributed by atoms with Gasteiger partial charge in [0.2, 0.25) is 0 Å². The SMILES string of the molecule is CC(C)CC[As]1(C)c2ccccc2Oc2ccccc21. The van der Waals surface area contributed by atoms with Crippen molar-refractivity contribution in [2.45, 2.75) is 31.2 Å². The van der Waals surface area contributed by atoms with E-state index in [0.29, 0.717) is 0 Å². The Bertz CT molecular complexity index is 573. The second-order valence-corrected chi connectivity index (χ2v) is 14.1. The van der Waals surface area contributed by atoms with Gasteiger partial charge in [0.05, 0.1) is 0 Å². The third-order valence-corrected chi connectivity index (χ3v) is 12.6. The molecule has 0 unspecified atom stereocenters. The molecular formula is C18H22AsO. The molecule has 2 aromatic rings. The first kappa shape index (κ1) is 13.8. The standard InChI is InChI=1S/C18H22AsO/c1-14(2)12-13-19(3)15-8-4-6-10-17(15)20-18-11-7-5-9-16(18)19/h4-11,14H,12-13H2,1-3H3. The summed E-state index contributed by atoms with van der Waals surface area (Å²) >= 11 is -2.07. The minimum atomic E-state index is -2.07. The van der Waals surface area contributed by atoms with Crippen molar-refractivity contribution in [3.63, 3.8) is 0 Å². The van der Waals surface area contributed by atoms with Crippen LogP contribution in [-0.2, 0) is 0 Å². The van der Waals surface area contributed by atoms with E-state index in [-0.39, 0.29) is 0 Å². The molecule has 1 aliphatic rings. The van der Waals surface area contributed by atoms with Crippen LogP contribution in [-0.4, -0.2) is 13.6 Å². The molecule has 1 aliphatic heterocycles. The summed E-state index contributed by atoms with van der Waals surface area (Å²) in [6, 6.07) is 17.3. The number of rotatable bonds is 3. The zero-order valence-corrected chi connectivity index (χ0v) is 14.3. The first-order chi connectivity index (χ1) is 9.61. The molecule has 2 aromatic carbocycles. The van der Waals surface area contributed by atoms with E-state index in [4.69, 9.17) is 4.74 Å². The predicted molar refractivity (Wildman–Crippen MR) is 88.1 cm³/mol. The summed E-state index contributed by atoms with van der Waals surface area (Å²) in [5.74, 6) is 2.94. The van der Waals surface area contributed by atoms with Crippen molar-refractivity contribution in [2.75, 3.05) is 0 Å². The zero-order chi connectivity index (χ0) is 14.2. The molecule has 3 rings (SSSR count). The molecule has 0 saturated heterocycles. The van der Waals surface area contributed by atoms with E-state index in [0.717, 1.165) is 17.4 Å². The van der Waals surface area contributed by atoms with E-state index in [2.05, 4.69) is 68.1 Å². The molecular weight excluding hydrogens is 307 g/mol. The van der Waals surface area contributed by atoms with Crippen LogP contribution in [0.3, 0.4) is 0 Å². The molecule has 0 fully saturated rings. The minimum absolute atomic E-state index is 0.760. The van der Waals surface area contributed by atoms with Crippen molar-refractivity contribution >= 4 is 22.3 Å². The Balaban J connectivity index is 2.12. The van der Waals surface area contributed by atoms with Gasteiger partial charge in [0.25, 0.3) is 0 Å². The molecule has 0 spiro atoms. The van der Waals surface area contributed by atoms with Crippen molar-refractivity contribution in [1.29, 1.82) is 0 Å². The predicted octanol–water partition coefficient (Wildman–Crippen LogP) is 4.03. The van der Waals surface area contributed by atoms with Gasteiger partial charge < -0.3 is 0 Å². The normalized spacial score (nSPS) is 15.4. The maximum atomic E-state index is 6.12. The molecule has 2 heteroatoms. The quantitative estimate of drug-likeness (QED) is 0.773. The van der Waals surface area contributed by atoms with E-state index < -0.39 is 13.6 Å². The molecule has 1 nitrogen and oxygen atoms in total. The van der Waals surface area contributed by atoms with Gasteiger partial charge >= 0.3 is 124 Å². The Kier molecular flexibility index (Phi) is 3.64. The van der Waals surface area contributed by atoms with E-state index in [1.807, 2.05) is 0 Å². The van der Waals surface area contributed by atoms with Crippen LogP contribution in [0.25, 0.3) is 0 Å². The average molecular weight is 329 g/mol. The van der Waals surface area contributed by atoms with Crippen LogP contribution >= 0.6 is 0 Å². The van der Waals surface area contributed by atoms with Gasteiger partial charge in [0, 0.05) is 0 Å². The first-order valence-corrected chi connectivity index (χ1v) is 12.4. The molecule has 0 aliphatic carbocycles. The maximum absolute atomic E-state index is 6.12. The number of fused-ring (bicyclic) bond motifs is 2. The third-order valence-electron chi connectivity index (χ3n) is 4.17. The molecule has 20 heavy (non-hydrogen) atoms. The van der Waals surface area contributed by atoms with Crippen molar-refractivity contribution < 1.29 is 4.74 Å². The third kappa shape index (κ3) is 2.29. The summed E-state index contributed by atoms with van der Waals surface area (Å²) in [7, 11) is 0. The molecule has 105 valence electrons. The van der Waals surface area contributed by atoms with Crippen LogP contribution in [0.15, 0.2) is 48.5 Å². The molecule has 0 atom stereocenters. The second kappa shape index (κ2) is 5.29. The fourth-order valence-corrected chi connectivity index (χ4v) is 10.9. The van der Waals surface area contributed by atoms with Crippen molar-refractivity contribution in [1.82, 2.24) is 0 Å². The Morgan fingerprint density at radius 3 is 1.90 bits per heavy atom. The number of benzene rings is 2. The summed E-state index contributed by atoms with van der Waals surface area (Å²) < 4.78 is 9.10. The summed E-state index contributed by atoms with van der Waals surface area (Å²) in [5, 5.41) is 1.33. The number of hydrogen-bond acceptors (Lipinski definition) is 1. The van der Waals surface area contributed by atoms with Crippen molar-refractivity contribution in [2.24, 2.45) is 5.92 Å². The van der Waals surface area contributed by atoms with Crippen molar-refractivity contribution in [3.8, 4) is 11.5 Å². The van der Waals surface area contributed by atoms with Crippen LogP contribution < -0.4 is 13.4 Å². The van der Waals surface area contributed by atoms with E-state index >= 15 is 0 Å². The van der Waals surface area contributed by atoms with Crippen LogP contribution in [0.1, 0.15) is 20.3 Å². The summed E-state index contributed by atoms with van der Waals surface area (Å²) in [5.41, 5.74) is 2.53. The van der Waals surface area contributed by atoms with Gasteiger partial charge in [0.15, 0.2) is 0 Å². The van der Waals surface area contributed by atoms with Gasteiger partial charge in [-0.05, 0) is 0 Å². The Morgan fingerprint density at radius 1 is 0.900 bits per heavy atom. The Labute approximate surface area is 124 Å². The molecule has 0 N–H and O–H groups in total. The summed E-state index contributed by atoms with van der Waals surface area (Å²) in [4.78, 5) is 0. The number of para-hydroxylation sites is 2. The van der Waals surface area contributed by atoms with Gasteiger partial charge in [0.1, 0.15) is 0 Å². The molecule has 0 aromatic heterocycles. The Hall–Kier alpha value is -1.20. The van der Waals surface area contributed by atoms with Crippen LogP contribution in [0.4, 0.5) is 0 Å². The van der Waals surface area contributed by atoms with Gasteiger partial charge in [-0.2, -0.15) is 0 Å². The first-order valence-electron chi connectivity index (χ1n) is 7.34. The van der Waals surface area contributed by atoms with Gasteiger partial charge in [-0.25, -0.2) is 0 Å². The van der Waals surface area contributed by atoms with Crippen LogP contribution in [0.2, 0.25) is 10.9 Å². The van der Waals surface area contributed by atoms with Crippen LogP contribution in [0, 0.1) is 5.92 Å². The fraction of sp³-hybridized carbons (Fsp3) is 0.333. The number of ether oxygens (including phenoxy) is 1. The van der Waals surface area contributed by atoms with Crippen LogP contribution in [0.5, 0.6) is 11.5 Å². The topological polar surface area (TPSA) is 9.23 Å². The second-order valence-electron chi connectivity index (χ2n) is 6.14. The van der Waals surface area contributed by atoms with Crippen molar-refractivity contribution in [3.05, 3.63) is 48.5 Å². The Morgan fingerprint density at radius 2 is 1.40 bits per heavy atom. The zero-order valence-electron chi connectivity index (χ0n) is 12.5. The fourth-order valence-electron chi connectivity index (χ4n) is 2.91. The van der Waals surface area contributed by atoms with E-state index in [9.17, 15) is 0 Å². The summed E-state index contributed by atoms with van der Waals surface area (Å²) in [6.45, 7) is 4.64. The van der Waals surface area contributed by atoms with E-state index in [1.54, 1.807) is 0 Å².